The van der Waals surface area contributed by atoms with E-state index >= 15 is 0 Å². The molecule has 0 spiro atoms. The molecule has 1 heterocycles. The van der Waals surface area contributed by atoms with Crippen molar-refractivity contribution in [2.45, 2.75) is 25.6 Å². The Hall–Kier alpha value is -3.17. The van der Waals surface area contributed by atoms with Gasteiger partial charge < -0.3 is 14.7 Å². The minimum atomic E-state index is -4.75. The van der Waals surface area contributed by atoms with Crippen LogP contribution in [0.4, 0.5) is 13.2 Å². The summed E-state index contributed by atoms with van der Waals surface area (Å²) in [6.07, 6.45) is 1.80. The van der Waals surface area contributed by atoms with Crippen molar-refractivity contribution in [2.24, 2.45) is 16.1 Å². The van der Waals surface area contributed by atoms with Crippen LogP contribution in [0.1, 0.15) is 18.4 Å². The second-order valence-electron chi connectivity index (χ2n) is 6.27. The largest absolute Gasteiger partial charge is 0.573 e. The van der Waals surface area contributed by atoms with Crippen molar-refractivity contribution in [1.82, 2.24) is 4.90 Å². The Labute approximate surface area is 165 Å². The summed E-state index contributed by atoms with van der Waals surface area (Å²) in [5, 5.41) is 16.2. The third-order valence-electron chi connectivity index (χ3n) is 4.24. The third kappa shape index (κ3) is 7.76. The first-order valence-corrected chi connectivity index (χ1v) is 8.82. The van der Waals surface area contributed by atoms with Gasteiger partial charge in [-0.15, -0.1) is 23.4 Å². The second kappa shape index (κ2) is 10.4. The van der Waals surface area contributed by atoms with E-state index in [0.717, 1.165) is 0 Å². The summed E-state index contributed by atoms with van der Waals surface area (Å²) in [5.74, 6) is -1.12. The van der Waals surface area contributed by atoms with Gasteiger partial charge in [0.25, 0.3) is 6.41 Å². The van der Waals surface area contributed by atoms with E-state index in [4.69, 9.17) is 5.11 Å². The number of amides is 1. The van der Waals surface area contributed by atoms with Crippen molar-refractivity contribution in [1.29, 1.82) is 0 Å². The minimum absolute atomic E-state index is 0.291. The highest BCUT2D eigenvalue weighted by molar-refractivity contribution is 5.70. The summed E-state index contributed by atoms with van der Waals surface area (Å²) < 4.78 is 40.8. The maximum Gasteiger partial charge on any atom is 0.573 e. The Morgan fingerprint density at radius 3 is 2.66 bits per heavy atom. The fraction of sp³-hybridized carbons (Fsp3) is 0.368. The Morgan fingerprint density at radius 1 is 1.31 bits per heavy atom. The van der Waals surface area contributed by atoms with Gasteiger partial charge in [-0.2, -0.15) is 0 Å². The number of allylic oxidation sites excluding steroid dienone is 3. The minimum Gasteiger partial charge on any atom is -0.481 e. The third-order valence-corrected chi connectivity index (χ3v) is 4.24. The monoisotopic (exact) mass is 411 g/mol. The quantitative estimate of drug-likeness (QED) is 0.398. The molecular formula is C19H20F3N3O4. The highest BCUT2D eigenvalue weighted by Crippen LogP contribution is 2.24. The Balaban J connectivity index is 2.01. The van der Waals surface area contributed by atoms with E-state index in [-0.39, 0.29) is 5.75 Å². The number of rotatable bonds is 8. The van der Waals surface area contributed by atoms with Crippen LogP contribution >= 0.6 is 0 Å². The first-order chi connectivity index (χ1) is 13.8. The Bertz CT molecular complexity index is 798. The SMILES string of the molecule is O=CN=N/C(=C\C=C\Cc1cccc(OC(F)(F)F)c1)N1CCC(C(=O)O)CC1. The number of alkyl halides is 3. The number of carbonyl (C=O) groups excluding carboxylic acids is 1. The molecule has 1 amide bonds. The first-order valence-electron chi connectivity index (χ1n) is 8.82. The van der Waals surface area contributed by atoms with E-state index in [2.05, 4.69) is 15.0 Å². The van der Waals surface area contributed by atoms with Crippen LogP contribution in [0.25, 0.3) is 0 Å². The van der Waals surface area contributed by atoms with Gasteiger partial charge in [0, 0.05) is 13.1 Å². The summed E-state index contributed by atoms with van der Waals surface area (Å²) in [6, 6.07) is 5.65. The molecule has 0 unspecified atom stereocenters. The molecule has 1 saturated heterocycles. The van der Waals surface area contributed by atoms with Crippen molar-refractivity contribution >= 4 is 12.4 Å². The van der Waals surface area contributed by atoms with E-state index in [0.29, 0.717) is 50.1 Å². The van der Waals surface area contributed by atoms with E-state index in [9.17, 15) is 22.8 Å². The molecule has 7 nitrogen and oxygen atoms in total. The van der Waals surface area contributed by atoms with Gasteiger partial charge in [0.2, 0.25) is 0 Å². The van der Waals surface area contributed by atoms with Crippen LogP contribution in [-0.2, 0) is 16.0 Å². The number of carboxylic acids is 1. The number of likely N-dealkylation sites (tertiary alicyclic amines) is 1. The van der Waals surface area contributed by atoms with Crippen molar-refractivity contribution in [3.8, 4) is 5.75 Å². The van der Waals surface area contributed by atoms with Gasteiger partial charge in [-0.05, 0) is 43.0 Å². The van der Waals surface area contributed by atoms with Gasteiger partial charge in [0.05, 0.1) is 5.92 Å². The molecule has 1 aliphatic heterocycles. The molecule has 1 aliphatic rings. The van der Waals surface area contributed by atoms with Crippen molar-refractivity contribution in [3.05, 3.63) is 53.9 Å². The number of hydrogen-bond donors (Lipinski definition) is 1. The molecule has 10 heteroatoms. The maximum atomic E-state index is 12.3. The van der Waals surface area contributed by atoms with Gasteiger partial charge in [-0.1, -0.05) is 24.3 Å². The smallest absolute Gasteiger partial charge is 0.481 e. The van der Waals surface area contributed by atoms with E-state index < -0.39 is 18.2 Å². The lowest BCUT2D eigenvalue weighted by molar-refractivity contribution is -0.274. The van der Waals surface area contributed by atoms with Crippen molar-refractivity contribution < 1.29 is 32.6 Å². The molecule has 1 N–H and O–H groups in total. The Kier molecular flexibility index (Phi) is 7.93. The number of azo groups is 1. The fourth-order valence-corrected chi connectivity index (χ4v) is 2.87. The van der Waals surface area contributed by atoms with E-state index in [1.165, 1.54) is 18.2 Å². The number of benzene rings is 1. The molecule has 1 aromatic carbocycles. The molecule has 1 fully saturated rings. The summed E-state index contributed by atoms with van der Waals surface area (Å²) in [7, 11) is 0. The van der Waals surface area contributed by atoms with Crippen LogP contribution in [0.2, 0.25) is 0 Å². The molecule has 1 aromatic rings. The van der Waals surface area contributed by atoms with Crippen LogP contribution < -0.4 is 4.74 Å². The molecule has 0 aliphatic carbocycles. The molecule has 0 saturated carbocycles. The highest BCUT2D eigenvalue weighted by atomic mass is 19.4. The molecule has 29 heavy (non-hydrogen) atoms. The van der Waals surface area contributed by atoms with Crippen molar-refractivity contribution in [3.63, 3.8) is 0 Å². The van der Waals surface area contributed by atoms with Gasteiger partial charge >= 0.3 is 12.3 Å². The summed E-state index contributed by atoms with van der Waals surface area (Å²) in [5.41, 5.74) is 0.620. The average molecular weight is 411 g/mol. The fourth-order valence-electron chi connectivity index (χ4n) is 2.87. The molecule has 156 valence electrons. The Morgan fingerprint density at radius 2 is 2.03 bits per heavy atom. The zero-order valence-electron chi connectivity index (χ0n) is 15.4. The van der Waals surface area contributed by atoms with Crippen LogP contribution in [0, 0.1) is 5.92 Å². The summed E-state index contributed by atoms with van der Waals surface area (Å²) >= 11 is 0. The molecule has 0 atom stereocenters. The maximum absolute atomic E-state index is 12.3. The predicted octanol–water partition coefficient (Wildman–Crippen LogP) is 3.93. The average Bonchev–Trinajstić information content (AvgIpc) is 2.66. The van der Waals surface area contributed by atoms with Crippen LogP contribution in [0.5, 0.6) is 5.75 Å². The number of carboxylic acid groups (broad SMARTS) is 1. The van der Waals surface area contributed by atoms with Crippen LogP contribution in [-0.4, -0.2) is 41.8 Å². The number of piperidine rings is 1. The van der Waals surface area contributed by atoms with E-state index in [1.807, 2.05) is 4.90 Å². The standard InChI is InChI=1S/C19H20F3N3O4/c20-19(21,22)29-16-6-3-5-14(12-16)4-1-2-7-17(24-23-13-26)25-10-8-15(9-11-25)18(27)28/h1-3,5-7,12-13,15H,4,8-11H2,(H,27,28)/b2-1+,17-7+,24-23?. The normalized spacial score (nSPS) is 16.5. The van der Waals surface area contributed by atoms with Gasteiger partial charge in [-0.25, -0.2) is 0 Å². The van der Waals surface area contributed by atoms with Crippen molar-refractivity contribution in [2.75, 3.05) is 13.1 Å². The molecule has 0 aromatic heterocycles. The number of aliphatic carboxylic acids is 1. The first kappa shape index (κ1) is 22.1. The second-order valence-corrected chi connectivity index (χ2v) is 6.27. The molecule has 0 bridgehead atoms. The number of halogens is 3. The van der Waals surface area contributed by atoms with Crippen LogP contribution in [0.3, 0.4) is 0 Å². The number of hydrogen-bond acceptors (Lipinski definition) is 5. The molecular weight excluding hydrogens is 391 g/mol. The number of nitrogens with zero attached hydrogens (tertiary/aromatic N) is 3. The number of carbonyl (C=O) groups is 2. The molecule has 0 radical (unpaired) electrons. The molecule has 2 rings (SSSR count). The number of ether oxygens (including phenoxy) is 1. The van der Waals surface area contributed by atoms with Gasteiger partial charge in [0.1, 0.15) is 5.75 Å². The van der Waals surface area contributed by atoms with Gasteiger partial charge in [0.15, 0.2) is 5.82 Å². The zero-order valence-corrected chi connectivity index (χ0v) is 15.4. The lowest BCUT2D eigenvalue weighted by atomic mass is 9.97. The summed E-state index contributed by atoms with van der Waals surface area (Å²) in [6.45, 7) is 0.927. The lowest BCUT2D eigenvalue weighted by Crippen LogP contribution is -2.35. The van der Waals surface area contributed by atoms with E-state index in [1.54, 1.807) is 24.3 Å². The summed E-state index contributed by atoms with van der Waals surface area (Å²) in [4.78, 5) is 23.4. The highest BCUT2D eigenvalue weighted by Gasteiger charge is 2.31. The van der Waals surface area contributed by atoms with Crippen LogP contribution in [0.15, 0.2) is 58.5 Å². The predicted molar refractivity (Wildman–Crippen MR) is 96.9 cm³/mol. The topological polar surface area (TPSA) is 91.6 Å². The lowest BCUT2D eigenvalue weighted by Gasteiger charge is -2.31. The zero-order chi connectivity index (χ0) is 21.3. The van der Waals surface area contributed by atoms with Gasteiger partial charge in [-0.3, -0.25) is 9.59 Å².